The molecule has 0 radical (unpaired) electrons. The second-order valence-corrected chi connectivity index (χ2v) is 10.6. The van der Waals surface area contributed by atoms with Crippen LogP contribution in [0.3, 0.4) is 0 Å². The van der Waals surface area contributed by atoms with E-state index in [1.807, 2.05) is 6.92 Å². The van der Waals surface area contributed by atoms with Crippen molar-refractivity contribution in [3.05, 3.63) is 53.8 Å². The molecule has 2 aromatic rings. The van der Waals surface area contributed by atoms with Gasteiger partial charge in [0.25, 0.3) is 0 Å². The van der Waals surface area contributed by atoms with Crippen molar-refractivity contribution in [1.29, 1.82) is 0 Å². The zero-order valence-corrected chi connectivity index (χ0v) is 20.3. The Morgan fingerprint density at radius 3 is 2.35 bits per heavy atom. The Balaban J connectivity index is 1.53. The molecular formula is C24H30FN3O5S. The van der Waals surface area contributed by atoms with Gasteiger partial charge in [-0.15, -0.1) is 0 Å². The summed E-state index contributed by atoms with van der Waals surface area (Å²) in [6, 6.07) is 11.4. The van der Waals surface area contributed by atoms with E-state index in [2.05, 4.69) is 9.80 Å². The molecule has 3 heterocycles. The van der Waals surface area contributed by atoms with E-state index >= 15 is 0 Å². The summed E-state index contributed by atoms with van der Waals surface area (Å²) in [4.78, 5) is 4.52. The van der Waals surface area contributed by atoms with Gasteiger partial charge in [0.1, 0.15) is 17.7 Å². The highest BCUT2D eigenvalue weighted by molar-refractivity contribution is 7.89. The van der Waals surface area contributed by atoms with Crippen LogP contribution in [0.15, 0.2) is 47.4 Å². The predicted molar refractivity (Wildman–Crippen MR) is 125 cm³/mol. The second kappa shape index (κ2) is 9.09. The number of anilines is 1. The average molecular weight is 492 g/mol. The maximum absolute atomic E-state index is 13.8. The van der Waals surface area contributed by atoms with Gasteiger partial charge < -0.3 is 19.1 Å². The lowest BCUT2D eigenvalue weighted by Gasteiger charge is -2.52. The zero-order valence-electron chi connectivity index (χ0n) is 19.4. The molecule has 0 bridgehead atoms. The minimum absolute atomic E-state index is 0.199. The molecule has 1 atom stereocenters. The molecule has 2 fully saturated rings. The van der Waals surface area contributed by atoms with Gasteiger partial charge in [-0.1, -0.05) is 6.92 Å². The predicted octanol–water partition coefficient (Wildman–Crippen LogP) is 2.60. The summed E-state index contributed by atoms with van der Waals surface area (Å²) in [7, 11) is -2.23. The van der Waals surface area contributed by atoms with Gasteiger partial charge in [0.15, 0.2) is 0 Å². The molecule has 10 heteroatoms. The van der Waals surface area contributed by atoms with Crippen LogP contribution in [-0.4, -0.2) is 76.8 Å². The number of fused-ring (bicyclic) bond motifs is 2. The molecule has 0 aliphatic carbocycles. The fourth-order valence-corrected chi connectivity index (χ4v) is 7.14. The molecule has 0 saturated carbocycles. The molecule has 34 heavy (non-hydrogen) atoms. The Hall–Kier alpha value is -2.24. The van der Waals surface area contributed by atoms with E-state index in [0.29, 0.717) is 63.7 Å². The molecule has 3 aliphatic heterocycles. The second-order valence-electron chi connectivity index (χ2n) is 8.72. The third-order valence-electron chi connectivity index (χ3n) is 6.77. The van der Waals surface area contributed by atoms with Crippen LogP contribution in [0.25, 0.3) is 0 Å². The van der Waals surface area contributed by atoms with Crippen LogP contribution in [-0.2, 0) is 25.3 Å². The first kappa shape index (κ1) is 23.5. The summed E-state index contributed by atoms with van der Waals surface area (Å²) in [6.45, 7) is 5.62. The largest absolute Gasteiger partial charge is 0.497 e. The van der Waals surface area contributed by atoms with Crippen molar-refractivity contribution in [1.82, 2.24) is 9.21 Å². The van der Waals surface area contributed by atoms with Gasteiger partial charge in [-0.3, -0.25) is 4.90 Å². The van der Waals surface area contributed by atoms with Gasteiger partial charge in [-0.25, -0.2) is 12.8 Å². The van der Waals surface area contributed by atoms with Crippen molar-refractivity contribution in [2.75, 3.05) is 57.9 Å². The zero-order chi connectivity index (χ0) is 23.9. The summed E-state index contributed by atoms with van der Waals surface area (Å²) in [6.07, 6.45) is 0.0160. The molecule has 2 saturated heterocycles. The lowest BCUT2D eigenvalue weighted by Crippen LogP contribution is -2.67. The van der Waals surface area contributed by atoms with Crippen LogP contribution >= 0.6 is 0 Å². The third-order valence-corrected chi connectivity index (χ3v) is 8.69. The van der Waals surface area contributed by atoms with Crippen LogP contribution in [0.1, 0.15) is 18.9 Å². The number of ether oxygens (including phenoxy) is 3. The number of hydrogen-bond acceptors (Lipinski definition) is 7. The maximum Gasteiger partial charge on any atom is 0.245 e. The van der Waals surface area contributed by atoms with Gasteiger partial charge in [-0.05, 0) is 48.9 Å². The molecule has 2 aromatic carbocycles. The number of hydrogen-bond donors (Lipinski definition) is 0. The van der Waals surface area contributed by atoms with Crippen LogP contribution in [0, 0.1) is 5.82 Å². The summed E-state index contributed by atoms with van der Waals surface area (Å²) < 4.78 is 60.5. The number of methoxy groups -OCH3 is 1. The molecule has 1 spiro atoms. The molecule has 8 nitrogen and oxygen atoms in total. The van der Waals surface area contributed by atoms with Gasteiger partial charge in [0.05, 0.1) is 25.2 Å². The molecule has 3 aliphatic rings. The van der Waals surface area contributed by atoms with E-state index in [-0.39, 0.29) is 10.7 Å². The van der Waals surface area contributed by atoms with Crippen LogP contribution in [0.2, 0.25) is 0 Å². The minimum atomic E-state index is -3.78. The van der Waals surface area contributed by atoms with Crippen LogP contribution in [0.5, 0.6) is 5.75 Å². The number of sulfonamides is 1. The SMILES string of the molecule is CCCN1C(N2CCN(c3ccc(F)cc3)CC2)C2(OCCO2)c2cc(OC)ccc2S1(=O)=O. The molecule has 1 unspecified atom stereocenters. The van der Waals surface area contributed by atoms with Crippen molar-refractivity contribution in [2.45, 2.75) is 30.2 Å². The van der Waals surface area contributed by atoms with Gasteiger partial charge in [-0.2, -0.15) is 4.31 Å². The number of halogens is 1. The summed E-state index contributed by atoms with van der Waals surface area (Å²) in [5.74, 6) is -0.949. The summed E-state index contributed by atoms with van der Waals surface area (Å²) in [5.41, 5.74) is 1.43. The smallest absolute Gasteiger partial charge is 0.245 e. The Bertz CT molecular complexity index is 1130. The quantitative estimate of drug-likeness (QED) is 0.637. The summed E-state index contributed by atoms with van der Waals surface area (Å²) in [5, 5.41) is 0. The number of piperazine rings is 1. The summed E-state index contributed by atoms with van der Waals surface area (Å²) >= 11 is 0. The Morgan fingerprint density at radius 1 is 1.06 bits per heavy atom. The normalized spacial score (nSPS) is 24.3. The number of benzene rings is 2. The first-order valence-electron chi connectivity index (χ1n) is 11.6. The Labute approximate surface area is 199 Å². The third kappa shape index (κ3) is 3.77. The highest BCUT2D eigenvalue weighted by atomic mass is 32.2. The van der Waals surface area contributed by atoms with E-state index < -0.39 is 22.0 Å². The molecule has 0 aromatic heterocycles. The first-order chi connectivity index (χ1) is 16.4. The highest BCUT2D eigenvalue weighted by Gasteiger charge is 2.60. The van der Waals surface area contributed by atoms with Crippen molar-refractivity contribution in [3.63, 3.8) is 0 Å². The van der Waals surface area contributed by atoms with Gasteiger partial charge >= 0.3 is 0 Å². The number of nitrogens with zero attached hydrogens (tertiary/aromatic N) is 3. The van der Waals surface area contributed by atoms with E-state index in [9.17, 15) is 12.8 Å². The number of rotatable bonds is 5. The first-order valence-corrected chi connectivity index (χ1v) is 13.1. The van der Waals surface area contributed by atoms with Crippen LogP contribution in [0.4, 0.5) is 10.1 Å². The van der Waals surface area contributed by atoms with Crippen molar-refractivity contribution < 1.29 is 27.0 Å². The molecule has 5 rings (SSSR count). The highest BCUT2D eigenvalue weighted by Crippen LogP contribution is 2.48. The van der Waals surface area contributed by atoms with Gasteiger partial charge in [0, 0.05) is 44.0 Å². The van der Waals surface area contributed by atoms with Crippen molar-refractivity contribution >= 4 is 15.7 Å². The lowest BCUT2D eigenvalue weighted by atomic mass is 9.99. The molecular weight excluding hydrogens is 461 g/mol. The fraction of sp³-hybridized carbons (Fsp3) is 0.500. The maximum atomic E-state index is 13.8. The molecule has 0 amide bonds. The van der Waals surface area contributed by atoms with Gasteiger partial charge in [0.2, 0.25) is 15.8 Å². The van der Waals surface area contributed by atoms with Crippen molar-refractivity contribution in [3.8, 4) is 5.75 Å². The van der Waals surface area contributed by atoms with E-state index in [4.69, 9.17) is 14.2 Å². The topological polar surface area (TPSA) is 71.6 Å². The van der Waals surface area contributed by atoms with Crippen molar-refractivity contribution in [2.24, 2.45) is 0 Å². The fourth-order valence-electron chi connectivity index (χ4n) is 5.21. The Kier molecular flexibility index (Phi) is 6.28. The van der Waals surface area contributed by atoms with E-state index in [1.54, 1.807) is 41.7 Å². The minimum Gasteiger partial charge on any atom is -0.497 e. The van der Waals surface area contributed by atoms with Crippen LogP contribution < -0.4 is 9.64 Å². The van der Waals surface area contributed by atoms with E-state index in [0.717, 1.165) is 5.69 Å². The molecule has 0 N–H and O–H groups in total. The Morgan fingerprint density at radius 2 is 1.74 bits per heavy atom. The molecule has 184 valence electrons. The average Bonchev–Trinajstić information content (AvgIpc) is 3.34. The monoisotopic (exact) mass is 491 g/mol. The standard InChI is InChI=1S/C24H30FN3O5S/c1-3-10-28-23(27-13-11-26(12-14-27)19-6-4-18(25)5-7-19)24(32-15-16-33-24)21-17-20(31-2)8-9-22(21)34(28,29)30/h4-9,17,23H,3,10-16H2,1-2H3. The lowest BCUT2D eigenvalue weighted by molar-refractivity contribution is -0.241. The van der Waals surface area contributed by atoms with E-state index in [1.165, 1.54) is 12.1 Å².